The molecule has 32 heavy (non-hydrogen) atoms. The fourth-order valence-electron chi connectivity index (χ4n) is 4.31. The van der Waals surface area contributed by atoms with Gasteiger partial charge in [-0.05, 0) is 30.3 Å². The Morgan fingerprint density at radius 2 is 1.34 bits per heavy atom. The molecule has 156 valence electrons. The molecule has 0 unspecified atom stereocenters. The molecule has 0 radical (unpaired) electrons. The summed E-state index contributed by atoms with van der Waals surface area (Å²) in [6, 6.07) is 17.8. The van der Waals surface area contributed by atoms with Gasteiger partial charge in [-0.1, -0.05) is 30.3 Å². The summed E-state index contributed by atoms with van der Waals surface area (Å²) in [5.41, 5.74) is -0.575. The molecule has 0 saturated heterocycles. The van der Waals surface area contributed by atoms with Gasteiger partial charge in [-0.3, -0.25) is 0 Å². The maximum absolute atomic E-state index is 13.1. The molecule has 2 N–H and O–H groups in total. The van der Waals surface area contributed by atoms with E-state index in [0.717, 1.165) is 0 Å². The van der Waals surface area contributed by atoms with Crippen LogP contribution in [0.2, 0.25) is 0 Å². The van der Waals surface area contributed by atoms with Crippen molar-refractivity contribution in [3.05, 3.63) is 104 Å². The highest BCUT2D eigenvalue weighted by Crippen LogP contribution is 2.50. The molecule has 7 heteroatoms. The molecule has 1 aliphatic rings. The summed E-state index contributed by atoms with van der Waals surface area (Å²) in [6.45, 7) is 0. The number of phenolic OH excluding ortho intramolecular Hbond substituents is 1. The van der Waals surface area contributed by atoms with Gasteiger partial charge in [0.1, 0.15) is 34.2 Å². The summed E-state index contributed by atoms with van der Waals surface area (Å²) >= 11 is 0. The first-order valence-electron chi connectivity index (χ1n) is 9.84. The van der Waals surface area contributed by atoms with E-state index >= 15 is 0 Å². The lowest BCUT2D eigenvalue weighted by Gasteiger charge is -2.28. The van der Waals surface area contributed by atoms with E-state index in [2.05, 4.69) is 0 Å². The zero-order valence-electron chi connectivity index (χ0n) is 16.4. The number of rotatable bonds is 1. The minimum Gasteiger partial charge on any atom is -0.508 e. The molecule has 0 fully saturated rings. The molecule has 2 aromatic heterocycles. The van der Waals surface area contributed by atoms with Crippen LogP contribution in [-0.2, 0) is 0 Å². The average molecular weight is 426 g/mol. The highest BCUT2D eigenvalue weighted by molar-refractivity contribution is 5.88. The predicted octanol–water partition coefficient (Wildman–Crippen LogP) is 4.60. The van der Waals surface area contributed by atoms with Crippen LogP contribution in [0.15, 0.2) is 85.2 Å². The average Bonchev–Trinajstić information content (AvgIpc) is 2.78. The maximum Gasteiger partial charge on any atom is 0.344 e. The Kier molecular flexibility index (Phi) is 3.70. The lowest BCUT2D eigenvalue weighted by molar-refractivity contribution is 0.419. The Bertz CT molecular complexity index is 1650. The van der Waals surface area contributed by atoms with Crippen LogP contribution in [0.25, 0.3) is 21.9 Å². The van der Waals surface area contributed by atoms with Crippen molar-refractivity contribution < 1.29 is 23.8 Å². The van der Waals surface area contributed by atoms with Crippen molar-refractivity contribution in [3.8, 4) is 23.0 Å². The van der Waals surface area contributed by atoms with Gasteiger partial charge in [-0.25, -0.2) is 9.59 Å². The van der Waals surface area contributed by atoms with Gasteiger partial charge in [0.05, 0.1) is 27.8 Å². The van der Waals surface area contributed by atoms with E-state index in [9.17, 15) is 19.8 Å². The van der Waals surface area contributed by atoms with E-state index in [-0.39, 0.29) is 39.7 Å². The number of benzene rings is 3. The van der Waals surface area contributed by atoms with Gasteiger partial charge in [-0.2, -0.15) is 0 Å². The number of hydrogen-bond acceptors (Lipinski definition) is 7. The molecular formula is C25H14O7. The molecule has 0 bridgehead atoms. The predicted molar refractivity (Wildman–Crippen MR) is 116 cm³/mol. The summed E-state index contributed by atoms with van der Waals surface area (Å²) < 4.78 is 17.0. The first-order valence-corrected chi connectivity index (χ1v) is 9.84. The molecule has 1 atom stereocenters. The lowest BCUT2D eigenvalue weighted by atomic mass is 9.82. The summed E-state index contributed by atoms with van der Waals surface area (Å²) in [4.78, 5) is 26.2. The molecule has 0 spiro atoms. The molecule has 3 aromatic carbocycles. The second-order valence-electron chi connectivity index (χ2n) is 7.53. The Labute approximate surface area is 179 Å². The van der Waals surface area contributed by atoms with Crippen molar-refractivity contribution in [1.82, 2.24) is 0 Å². The van der Waals surface area contributed by atoms with E-state index < -0.39 is 17.2 Å². The number of aromatic hydroxyl groups is 2. The minimum absolute atomic E-state index is 0.0482. The third-order valence-electron chi connectivity index (χ3n) is 5.72. The first-order chi connectivity index (χ1) is 15.5. The van der Waals surface area contributed by atoms with Crippen LogP contribution < -0.4 is 16.0 Å². The largest absolute Gasteiger partial charge is 0.508 e. The quantitative estimate of drug-likeness (QED) is 0.370. The van der Waals surface area contributed by atoms with Crippen LogP contribution in [0, 0.1) is 0 Å². The molecule has 7 nitrogen and oxygen atoms in total. The van der Waals surface area contributed by atoms with Crippen molar-refractivity contribution in [2.45, 2.75) is 5.92 Å². The zero-order chi connectivity index (χ0) is 22.0. The van der Waals surface area contributed by atoms with Crippen molar-refractivity contribution in [3.63, 3.8) is 0 Å². The topological polar surface area (TPSA) is 110 Å². The number of para-hydroxylation sites is 2. The van der Waals surface area contributed by atoms with Crippen molar-refractivity contribution in [2.75, 3.05) is 0 Å². The molecule has 0 saturated carbocycles. The Balaban J connectivity index is 1.77. The van der Waals surface area contributed by atoms with Crippen LogP contribution >= 0.6 is 0 Å². The summed E-state index contributed by atoms with van der Waals surface area (Å²) in [5, 5.41) is 22.0. The number of phenols is 1. The van der Waals surface area contributed by atoms with E-state index in [1.165, 1.54) is 12.1 Å². The maximum atomic E-state index is 13.1. The fourth-order valence-corrected chi connectivity index (χ4v) is 4.31. The Morgan fingerprint density at radius 3 is 2.09 bits per heavy atom. The van der Waals surface area contributed by atoms with Crippen LogP contribution in [0.1, 0.15) is 22.6 Å². The van der Waals surface area contributed by atoms with Gasteiger partial charge in [0.15, 0.2) is 0 Å². The first kappa shape index (κ1) is 18.3. The third-order valence-corrected chi connectivity index (χ3v) is 5.72. The SMILES string of the molecule is O=c1oc2ccccc2c(O)c1[C@@H]1c2ccc(O)cc2Oc2c1c(=O)oc1ccccc21. The van der Waals surface area contributed by atoms with Crippen LogP contribution in [0.4, 0.5) is 0 Å². The molecule has 3 heterocycles. The molecule has 5 aromatic rings. The molecule has 6 rings (SSSR count). The van der Waals surface area contributed by atoms with E-state index in [4.69, 9.17) is 13.6 Å². The van der Waals surface area contributed by atoms with Crippen molar-refractivity contribution >= 4 is 21.9 Å². The number of ether oxygens (including phenoxy) is 1. The van der Waals surface area contributed by atoms with Crippen molar-refractivity contribution in [1.29, 1.82) is 0 Å². The van der Waals surface area contributed by atoms with Gasteiger partial charge in [0.2, 0.25) is 0 Å². The van der Waals surface area contributed by atoms with Gasteiger partial charge in [-0.15, -0.1) is 0 Å². The fraction of sp³-hybridized carbons (Fsp3) is 0.0400. The highest BCUT2D eigenvalue weighted by Gasteiger charge is 2.38. The molecule has 0 amide bonds. The van der Waals surface area contributed by atoms with Gasteiger partial charge < -0.3 is 23.8 Å². The second kappa shape index (κ2) is 6.49. The Morgan fingerprint density at radius 1 is 0.719 bits per heavy atom. The lowest BCUT2D eigenvalue weighted by Crippen LogP contribution is -2.24. The van der Waals surface area contributed by atoms with Crippen LogP contribution in [0.5, 0.6) is 23.0 Å². The monoisotopic (exact) mass is 426 g/mol. The van der Waals surface area contributed by atoms with E-state index in [1.54, 1.807) is 54.6 Å². The summed E-state index contributed by atoms with van der Waals surface area (Å²) in [7, 11) is 0. The zero-order valence-corrected chi connectivity index (χ0v) is 16.4. The van der Waals surface area contributed by atoms with Crippen LogP contribution in [0.3, 0.4) is 0 Å². The smallest absolute Gasteiger partial charge is 0.344 e. The van der Waals surface area contributed by atoms with Gasteiger partial charge >= 0.3 is 11.3 Å². The normalized spacial score (nSPS) is 14.7. The second-order valence-corrected chi connectivity index (χ2v) is 7.53. The molecule has 0 aliphatic carbocycles. The summed E-state index contributed by atoms with van der Waals surface area (Å²) in [5.74, 6) is -0.914. The molecule has 1 aliphatic heterocycles. The van der Waals surface area contributed by atoms with Gasteiger partial charge in [0, 0.05) is 11.6 Å². The van der Waals surface area contributed by atoms with Crippen molar-refractivity contribution in [2.24, 2.45) is 0 Å². The number of fused-ring (bicyclic) bond motifs is 5. The standard InChI is InChI=1S/C25H14O7/c26-12-9-10-13-18(11-12)30-23-15-6-2-4-8-17(15)32-25(29)21(23)19(13)20-22(27)14-5-1-3-7-16(14)31-24(20)28/h1-11,19,26-27H/t19-/m0/s1. The highest BCUT2D eigenvalue weighted by atomic mass is 16.5. The Hall–Kier alpha value is -4.52. The molecular weight excluding hydrogens is 412 g/mol. The third kappa shape index (κ3) is 2.48. The van der Waals surface area contributed by atoms with E-state index in [0.29, 0.717) is 21.9 Å². The van der Waals surface area contributed by atoms with E-state index in [1.807, 2.05) is 0 Å². The minimum atomic E-state index is -1.03. The number of hydrogen-bond donors (Lipinski definition) is 2. The van der Waals surface area contributed by atoms with Crippen LogP contribution in [-0.4, -0.2) is 10.2 Å². The summed E-state index contributed by atoms with van der Waals surface area (Å²) in [6.07, 6.45) is 0. The van der Waals surface area contributed by atoms with Gasteiger partial charge in [0.25, 0.3) is 0 Å².